The molecule has 16 heavy (non-hydrogen) atoms. The van der Waals surface area contributed by atoms with Crippen LogP contribution in [0.4, 0.5) is 0 Å². The summed E-state index contributed by atoms with van der Waals surface area (Å²) < 4.78 is 0.979. The van der Waals surface area contributed by atoms with Gasteiger partial charge in [0.05, 0.1) is 0 Å². The van der Waals surface area contributed by atoms with Gasteiger partial charge in [-0.2, -0.15) is 0 Å². The highest BCUT2D eigenvalue weighted by molar-refractivity contribution is 8.01. The number of carbonyl (C=O) groups is 1. The fraction of sp³-hybridized carbons (Fsp3) is 0.182. The Bertz CT molecular complexity index is 522. The molecule has 3 nitrogen and oxygen atoms in total. The Morgan fingerprint density at radius 3 is 2.81 bits per heavy atom. The molecule has 5 heteroatoms. The van der Waals surface area contributed by atoms with Gasteiger partial charge in [-0.25, -0.2) is 9.97 Å². The maximum atomic E-state index is 10.6. The molecule has 0 amide bonds. The minimum atomic E-state index is 0.608. The maximum absolute atomic E-state index is 10.6. The maximum Gasteiger partial charge on any atom is 0.156 e. The number of pyridine rings is 1. The molecule has 2 heterocycles. The average Bonchev–Trinajstić information content (AvgIpc) is 2.67. The predicted octanol–water partition coefficient (Wildman–Crippen LogP) is 3.12. The van der Waals surface area contributed by atoms with Gasteiger partial charge in [0.1, 0.15) is 5.03 Å². The Morgan fingerprint density at radius 2 is 2.25 bits per heavy atom. The van der Waals surface area contributed by atoms with Gasteiger partial charge in [-0.1, -0.05) is 0 Å². The second-order valence-electron chi connectivity index (χ2n) is 3.37. The van der Waals surface area contributed by atoms with Crippen molar-refractivity contribution >= 4 is 29.4 Å². The third-order valence-corrected chi connectivity index (χ3v) is 4.15. The zero-order chi connectivity index (χ0) is 11.5. The van der Waals surface area contributed by atoms with Crippen LogP contribution in [-0.2, 0) is 0 Å². The summed E-state index contributed by atoms with van der Waals surface area (Å²) in [4.78, 5) is 19.2. The number of nitrogens with zero attached hydrogens (tertiary/aromatic N) is 2. The quantitative estimate of drug-likeness (QED) is 0.785. The highest BCUT2D eigenvalue weighted by Crippen LogP contribution is 2.30. The fourth-order valence-electron chi connectivity index (χ4n) is 1.22. The lowest BCUT2D eigenvalue weighted by Crippen LogP contribution is -1.89. The first-order valence-corrected chi connectivity index (χ1v) is 6.40. The van der Waals surface area contributed by atoms with E-state index in [9.17, 15) is 4.79 Å². The number of hydrogen-bond acceptors (Lipinski definition) is 5. The van der Waals surface area contributed by atoms with Crippen molar-refractivity contribution in [2.75, 3.05) is 0 Å². The summed E-state index contributed by atoms with van der Waals surface area (Å²) in [5, 5.41) is 2.91. The summed E-state index contributed by atoms with van der Waals surface area (Å²) >= 11 is 3.14. The molecule has 0 fully saturated rings. The number of aryl methyl sites for hydroxylation is 2. The van der Waals surface area contributed by atoms with Crippen molar-refractivity contribution in [3.05, 3.63) is 34.5 Å². The van der Waals surface area contributed by atoms with Crippen molar-refractivity contribution in [2.24, 2.45) is 0 Å². The lowest BCUT2D eigenvalue weighted by Gasteiger charge is -2.01. The minimum Gasteiger partial charge on any atom is -0.298 e. The van der Waals surface area contributed by atoms with Crippen molar-refractivity contribution in [1.29, 1.82) is 0 Å². The number of rotatable bonds is 3. The zero-order valence-corrected chi connectivity index (χ0v) is 10.6. The van der Waals surface area contributed by atoms with E-state index >= 15 is 0 Å². The van der Waals surface area contributed by atoms with Gasteiger partial charge in [0, 0.05) is 22.8 Å². The minimum absolute atomic E-state index is 0.608. The molecule has 0 spiro atoms. The molecule has 2 rings (SSSR count). The molecule has 82 valence electrons. The summed E-state index contributed by atoms with van der Waals surface area (Å²) in [6.07, 6.45) is 2.39. The second kappa shape index (κ2) is 4.76. The Hall–Kier alpha value is -1.20. The van der Waals surface area contributed by atoms with E-state index in [0.29, 0.717) is 5.56 Å². The van der Waals surface area contributed by atoms with Crippen LogP contribution in [-0.4, -0.2) is 16.3 Å². The monoisotopic (exact) mass is 250 g/mol. The molecule has 0 radical (unpaired) electrons. The predicted molar refractivity (Wildman–Crippen MR) is 65.3 cm³/mol. The number of thiazole rings is 1. The van der Waals surface area contributed by atoms with Gasteiger partial charge in [0.25, 0.3) is 0 Å². The highest BCUT2D eigenvalue weighted by Gasteiger charge is 2.06. The molecular formula is C11H10N2OS2. The smallest absolute Gasteiger partial charge is 0.156 e. The van der Waals surface area contributed by atoms with E-state index in [1.807, 2.05) is 25.3 Å². The molecule has 0 aliphatic heterocycles. The van der Waals surface area contributed by atoms with Crippen LogP contribution in [0.2, 0.25) is 0 Å². The molecule has 0 aliphatic rings. The SMILES string of the molecule is Cc1csc(Sc2ncc(C=O)cc2C)n1. The molecule has 2 aromatic rings. The number of aldehydes is 1. The Morgan fingerprint density at radius 1 is 1.44 bits per heavy atom. The molecule has 0 bridgehead atoms. The van der Waals surface area contributed by atoms with Crippen LogP contribution in [0.1, 0.15) is 21.6 Å². The van der Waals surface area contributed by atoms with Crippen molar-refractivity contribution in [3.8, 4) is 0 Å². The van der Waals surface area contributed by atoms with E-state index in [1.54, 1.807) is 17.5 Å². The van der Waals surface area contributed by atoms with Crippen LogP contribution in [0.3, 0.4) is 0 Å². The summed E-state index contributed by atoms with van der Waals surface area (Å²) in [6, 6.07) is 1.84. The summed E-state index contributed by atoms with van der Waals surface area (Å²) in [5.41, 5.74) is 2.63. The van der Waals surface area contributed by atoms with Gasteiger partial charge >= 0.3 is 0 Å². The van der Waals surface area contributed by atoms with Crippen molar-refractivity contribution in [1.82, 2.24) is 9.97 Å². The molecule has 0 N–H and O–H groups in total. The first kappa shape index (κ1) is 11.3. The molecule has 0 atom stereocenters. The Kier molecular flexibility index (Phi) is 3.36. The third kappa shape index (κ3) is 2.48. The first-order chi connectivity index (χ1) is 7.69. The van der Waals surface area contributed by atoms with Crippen LogP contribution in [0, 0.1) is 13.8 Å². The largest absolute Gasteiger partial charge is 0.298 e. The normalized spacial score (nSPS) is 10.4. The zero-order valence-electron chi connectivity index (χ0n) is 8.93. The fourth-order valence-corrected chi connectivity index (χ4v) is 2.99. The van der Waals surface area contributed by atoms with E-state index in [-0.39, 0.29) is 0 Å². The van der Waals surface area contributed by atoms with Gasteiger partial charge in [0.15, 0.2) is 10.6 Å². The number of hydrogen-bond donors (Lipinski definition) is 0. The van der Waals surface area contributed by atoms with Crippen LogP contribution < -0.4 is 0 Å². The summed E-state index contributed by atoms with van der Waals surface area (Å²) in [6.45, 7) is 3.92. The lowest BCUT2D eigenvalue weighted by molar-refractivity contribution is 0.112. The van der Waals surface area contributed by atoms with Crippen LogP contribution in [0.5, 0.6) is 0 Å². The van der Waals surface area contributed by atoms with Gasteiger partial charge in [0.2, 0.25) is 0 Å². The molecule has 0 saturated carbocycles. The number of aromatic nitrogens is 2. The standard InChI is InChI=1S/C11H10N2OS2/c1-7-3-9(5-14)4-12-10(7)16-11-13-8(2)6-15-11/h3-6H,1-2H3. The Balaban J connectivity index is 2.25. The average molecular weight is 250 g/mol. The van der Waals surface area contributed by atoms with E-state index in [4.69, 9.17) is 0 Å². The topological polar surface area (TPSA) is 42.9 Å². The molecular weight excluding hydrogens is 240 g/mol. The van der Waals surface area contributed by atoms with E-state index in [2.05, 4.69) is 9.97 Å². The van der Waals surface area contributed by atoms with E-state index < -0.39 is 0 Å². The van der Waals surface area contributed by atoms with Gasteiger partial charge in [-0.15, -0.1) is 11.3 Å². The van der Waals surface area contributed by atoms with Crippen LogP contribution in [0.15, 0.2) is 27.0 Å². The molecule has 0 aromatic carbocycles. The van der Waals surface area contributed by atoms with Crippen LogP contribution >= 0.6 is 23.1 Å². The Labute approximate surface area is 102 Å². The highest BCUT2D eigenvalue weighted by atomic mass is 32.2. The van der Waals surface area contributed by atoms with Crippen molar-refractivity contribution < 1.29 is 4.79 Å². The molecule has 2 aromatic heterocycles. The van der Waals surface area contributed by atoms with Crippen LogP contribution in [0.25, 0.3) is 0 Å². The molecule has 0 aliphatic carbocycles. The van der Waals surface area contributed by atoms with Gasteiger partial charge in [-0.05, 0) is 37.2 Å². The van der Waals surface area contributed by atoms with Crippen molar-refractivity contribution in [3.63, 3.8) is 0 Å². The lowest BCUT2D eigenvalue weighted by atomic mass is 10.2. The first-order valence-electron chi connectivity index (χ1n) is 4.71. The van der Waals surface area contributed by atoms with Gasteiger partial charge in [-0.3, -0.25) is 4.79 Å². The van der Waals surface area contributed by atoms with Gasteiger partial charge < -0.3 is 0 Å². The second-order valence-corrected chi connectivity index (χ2v) is 5.46. The molecule has 0 saturated heterocycles. The molecule has 0 unspecified atom stereocenters. The third-order valence-electron chi connectivity index (χ3n) is 1.97. The van der Waals surface area contributed by atoms with Crippen molar-refractivity contribution in [2.45, 2.75) is 23.2 Å². The van der Waals surface area contributed by atoms with E-state index in [0.717, 1.165) is 26.9 Å². The number of carbonyl (C=O) groups excluding carboxylic acids is 1. The summed E-state index contributed by atoms with van der Waals surface area (Å²) in [7, 11) is 0. The summed E-state index contributed by atoms with van der Waals surface area (Å²) in [5.74, 6) is 0. The van der Waals surface area contributed by atoms with E-state index in [1.165, 1.54) is 11.8 Å².